The molecule has 0 radical (unpaired) electrons. The summed E-state index contributed by atoms with van der Waals surface area (Å²) < 4.78 is 13.7. The molecule has 0 amide bonds. The van der Waals surface area contributed by atoms with Gasteiger partial charge in [-0.25, -0.2) is 9.36 Å². The van der Waals surface area contributed by atoms with Crippen molar-refractivity contribution < 1.29 is 33.9 Å². The SMILES string of the molecule is C=CC(=O)OC(C)(O)CCCCCCCC.O=P(O)(O)O. The lowest BCUT2D eigenvalue weighted by Gasteiger charge is -2.22. The number of ether oxygens (including phenoxy) is 1. The summed E-state index contributed by atoms with van der Waals surface area (Å²) in [5.41, 5.74) is 0. The third-order valence-corrected chi connectivity index (χ3v) is 2.48. The average molecular weight is 326 g/mol. The van der Waals surface area contributed by atoms with Crippen molar-refractivity contribution in [2.45, 2.75) is 64.6 Å². The van der Waals surface area contributed by atoms with Gasteiger partial charge in [-0.15, -0.1) is 0 Å². The Morgan fingerprint density at radius 2 is 1.62 bits per heavy atom. The van der Waals surface area contributed by atoms with Crippen LogP contribution in [0.15, 0.2) is 12.7 Å². The van der Waals surface area contributed by atoms with E-state index < -0.39 is 19.6 Å². The monoisotopic (exact) mass is 326 g/mol. The Bertz CT molecular complexity index is 327. The number of carbonyl (C=O) groups is 1. The van der Waals surface area contributed by atoms with Gasteiger partial charge < -0.3 is 24.5 Å². The Morgan fingerprint density at radius 3 is 2.05 bits per heavy atom. The molecule has 1 atom stereocenters. The van der Waals surface area contributed by atoms with Gasteiger partial charge in [-0.1, -0.05) is 45.6 Å². The van der Waals surface area contributed by atoms with E-state index in [-0.39, 0.29) is 0 Å². The van der Waals surface area contributed by atoms with Crippen LogP contribution >= 0.6 is 7.82 Å². The van der Waals surface area contributed by atoms with E-state index in [1.54, 1.807) is 0 Å². The minimum Gasteiger partial charge on any atom is -0.430 e. The molecular formula is C13H27O7P. The normalized spacial score (nSPS) is 13.6. The highest BCUT2D eigenvalue weighted by molar-refractivity contribution is 7.45. The van der Waals surface area contributed by atoms with Crippen LogP contribution in [0.1, 0.15) is 58.8 Å². The van der Waals surface area contributed by atoms with Crippen molar-refractivity contribution in [1.29, 1.82) is 0 Å². The highest BCUT2D eigenvalue weighted by atomic mass is 31.2. The first-order chi connectivity index (χ1) is 9.52. The number of rotatable bonds is 9. The van der Waals surface area contributed by atoms with Gasteiger partial charge in [0, 0.05) is 19.4 Å². The maximum atomic E-state index is 10.9. The molecule has 0 aromatic carbocycles. The van der Waals surface area contributed by atoms with Crippen LogP contribution in [0, 0.1) is 0 Å². The number of hydrogen-bond acceptors (Lipinski definition) is 4. The molecular weight excluding hydrogens is 299 g/mol. The number of unbranched alkanes of at least 4 members (excludes halogenated alkanes) is 5. The number of aliphatic hydroxyl groups is 1. The van der Waals surface area contributed by atoms with Crippen molar-refractivity contribution in [3.05, 3.63) is 12.7 Å². The molecule has 0 aromatic rings. The van der Waals surface area contributed by atoms with Crippen LogP contribution < -0.4 is 0 Å². The Labute approximate surface area is 125 Å². The maximum absolute atomic E-state index is 10.9. The Balaban J connectivity index is 0. The Kier molecular flexibility index (Phi) is 12.8. The molecule has 0 spiro atoms. The summed E-state index contributed by atoms with van der Waals surface area (Å²) in [7, 11) is -4.64. The van der Waals surface area contributed by atoms with Crippen molar-refractivity contribution in [3.8, 4) is 0 Å². The summed E-state index contributed by atoms with van der Waals surface area (Å²) in [5.74, 6) is -1.92. The lowest BCUT2D eigenvalue weighted by molar-refractivity contribution is -0.199. The van der Waals surface area contributed by atoms with Gasteiger partial charge in [-0.2, -0.15) is 0 Å². The molecule has 0 rings (SSSR count). The minimum atomic E-state index is -4.64. The summed E-state index contributed by atoms with van der Waals surface area (Å²) >= 11 is 0. The van der Waals surface area contributed by atoms with E-state index in [1.807, 2.05) is 0 Å². The molecule has 4 N–H and O–H groups in total. The fourth-order valence-electron chi connectivity index (χ4n) is 1.54. The smallest absolute Gasteiger partial charge is 0.430 e. The molecule has 0 aliphatic rings. The van der Waals surface area contributed by atoms with Crippen LogP contribution in [0.3, 0.4) is 0 Å². The lowest BCUT2D eigenvalue weighted by atomic mass is 10.1. The largest absolute Gasteiger partial charge is 0.466 e. The van der Waals surface area contributed by atoms with Crippen LogP contribution in [0.4, 0.5) is 0 Å². The van der Waals surface area contributed by atoms with E-state index in [0.29, 0.717) is 6.42 Å². The Hall–Kier alpha value is -0.720. The van der Waals surface area contributed by atoms with Crippen LogP contribution in [-0.4, -0.2) is 31.5 Å². The van der Waals surface area contributed by atoms with Gasteiger partial charge in [0.15, 0.2) is 0 Å². The van der Waals surface area contributed by atoms with Gasteiger partial charge >= 0.3 is 13.8 Å². The average Bonchev–Trinajstić information content (AvgIpc) is 2.30. The van der Waals surface area contributed by atoms with Gasteiger partial charge in [0.25, 0.3) is 0 Å². The molecule has 126 valence electrons. The first-order valence-corrected chi connectivity index (χ1v) is 8.44. The number of phosphoric acid groups is 1. The van der Waals surface area contributed by atoms with Gasteiger partial charge in [0.2, 0.25) is 5.79 Å². The van der Waals surface area contributed by atoms with Crippen molar-refractivity contribution in [2.24, 2.45) is 0 Å². The topological polar surface area (TPSA) is 124 Å². The second kappa shape index (κ2) is 11.9. The van der Waals surface area contributed by atoms with Crippen molar-refractivity contribution in [2.75, 3.05) is 0 Å². The summed E-state index contributed by atoms with van der Waals surface area (Å²) in [4.78, 5) is 32.5. The van der Waals surface area contributed by atoms with E-state index in [1.165, 1.54) is 32.6 Å². The predicted octanol–water partition coefficient (Wildman–Crippen LogP) is 2.25. The van der Waals surface area contributed by atoms with Gasteiger partial charge in [-0.3, -0.25) is 0 Å². The standard InChI is InChI=1S/C13H24O3.H3O4P/c1-4-6-7-8-9-10-11-13(3,15)16-12(14)5-2;1-5(2,3)4/h5,15H,2,4,6-11H2,1,3H3;(H3,1,2,3,4). The molecule has 0 saturated carbocycles. The van der Waals surface area contributed by atoms with E-state index in [9.17, 15) is 9.90 Å². The summed E-state index contributed by atoms with van der Waals surface area (Å²) in [6.07, 6.45) is 8.41. The van der Waals surface area contributed by atoms with Crippen molar-refractivity contribution >= 4 is 13.8 Å². The predicted molar refractivity (Wildman–Crippen MR) is 79.2 cm³/mol. The van der Waals surface area contributed by atoms with E-state index in [4.69, 9.17) is 24.0 Å². The summed E-state index contributed by atoms with van der Waals surface area (Å²) in [6, 6.07) is 0. The van der Waals surface area contributed by atoms with E-state index in [0.717, 1.165) is 18.9 Å². The molecule has 0 saturated heterocycles. The fourth-order valence-corrected chi connectivity index (χ4v) is 1.54. The zero-order valence-electron chi connectivity index (χ0n) is 12.7. The number of hydrogen-bond donors (Lipinski definition) is 4. The minimum absolute atomic E-state index is 0.485. The molecule has 8 heteroatoms. The van der Waals surface area contributed by atoms with Gasteiger partial charge in [0.05, 0.1) is 0 Å². The molecule has 0 fully saturated rings. The van der Waals surface area contributed by atoms with Crippen LogP contribution in [0.5, 0.6) is 0 Å². The lowest BCUT2D eigenvalue weighted by Crippen LogP contribution is -2.30. The molecule has 0 bridgehead atoms. The molecule has 1 unspecified atom stereocenters. The highest BCUT2D eigenvalue weighted by Gasteiger charge is 2.23. The molecule has 0 aliphatic heterocycles. The third kappa shape index (κ3) is 24.7. The summed E-state index contributed by atoms with van der Waals surface area (Å²) in [6.45, 7) is 6.98. The van der Waals surface area contributed by atoms with Crippen LogP contribution in [-0.2, 0) is 14.1 Å². The quantitative estimate of drug-likeness (QED) is 0.168. The first kappa shape index (κ1) is 22.6. The Morgan fingerprint density at radius 1 is 1.19 bits per heavy atom. The van der Waals surface area contributed by atoms with E-state index in [2.05, 4.69) is 13.5 Å². The highest BCUT2D eigenvalue weighted by Crippen LogP contribution is 2.25. The molecule has 0 heterocycles. The molecule has 7 nitrogen and oxygen atoms in total. The third-order valence-electron chi connectivity index (χ3n) is 2.48. The second-order valence-electron chi connectivity index (χ2n) is 4.83. The van der Waals surface area contributed by atoms with Crippen LogP contribution in [0.25, 0.3) is 0 Å². The zero-order chi connectivity index (χ0) is 16.9. The van der Waals surface area contributed by atoms with Crippen LogP contribution in [0.2, 0.25) is 0 Å². The maximum Gasteiger partial charge on any atom is 0.466 e. The number of carbonyl (C=O) groups excluding carboxylic acids is 1. The second-order valence-corrected chi connectivity index (χ2v) is 5.86. The van der Waals surface area contributed by atoms with Crippen molar-refractivity contribution in [3.63, 3.8) is 0 Å². The molecule has 0 aromatic heterocycles. The van der Waals surface area contributed by atoms with E-state index >= 15 is 0 Å². The van der Waals surface area contributed by atoms with Crippen molar-refractivity contribution in [1.82, 2.24) is 0 Å². The molecule has 21 heavy (non-hydrogen) atoms. The van der Waals surface area contributed by atoms with Gasteiger partial charge in [0.1, 0.15) is 0 Å². The fraction of sp³-hybridized carbons (Fsp3) is 0.769. The number of esters is 1. The van der Waals surface area contributed by atoms with Gasteiger partial charge in [-0.05, 0) is 6.42 Å². The summed E-state index contributed by atoms with van der Waals surface area (Å²) in [5, 5.41) is 9.73. The zero-order valence-corrected chi connectivity index (χ0v) is 13.6. The molecule has 0 aliphatic carbocycles. The first-order valence-electron chi connectivity index (χ1n) is 6.88.